The summed E-state index contributed by atoms with van der Waals surface area (Å²) in [5.41, 5.74) is 1.64. The van der Waals surface area contributed by atoms with E-state index in [-0.39, 0.29) is 25.7 Å². The van der Waals surface area contributed by atoms with E-state index < -0.39 is 18.0 Å². The molecule has 0 aliphatic carbocycles. The second-order valence-corrected chi connectivity index (χ2v) is 6.49. The van der Waals surface area contributed by atoms with E-state index in [0.29, 0.717) is 24.5 Å². The molecule has 2 aliphatic rings. The Hall–Kier alpha value is -3.56. The van der Waals surface area contributed by atoms with Crippen LogP contribution >= 0.6 is 0 Å². The van der Waals surface area contributed by atoms with Gasteiger partial charge in [-0.2, -0.15) is 0 Å². The second-order valence-electron chi connectivity index (χ2n) is 6.49. The first kappa shape index (κ1) is 17.8. The molecule has 0 saturated carbocycles. The zero-order valence-electron chi connectivity index (χ0n) is 14.9. The summed E-state index contributed by atoms with van der Waals surface area (Å²) >= 11 is 0. The van der Waals surface area contributed by atoms with E-state index in [1.54, 1.807) is 30.7 Å². The average Bonchev–Trinajstić information content (AvgIpc) is 3.40. The standard InChI is InChI=1S/C18H19N5O5/c24-16(20-4-3-12-7-19-9-21-12)6-13-17(25)23(18(26)22-13)8-11-1-2-14-15(5-11)28-10-27-14/h1-2,5,7,9,13H,3-4,6,8,10H2,(H,19,21)(H,20,24)(H,22,26)/t13-/m0/s1. The molecule has 4 rings (SSSR count). The normalized spacial score (nSPS) is 17.7. The lowest BCUT2D eigenvalue weighted by molar-refractivity contribution is -0.131. The van der Waals surface area contributed by atoms with Gasteiger partial charge in [0.2, 0.25) is 12.7 Å². The van der Waals surface area contributed by atoms with Gasteiger partial charge in [-0.15, -0.1) is 0 Å². The maximum atomic E-state index is 12.5. The zero-order chi connectivity index (χ0) is 19.5. The van der Waals surface area contributed by atoms with Crippen LogP contribution in [0.5, 0.6) is 11.5 Å². The van der Waals surface area contributed by atoms with E-state index in [9.17, 15) is 14.4 Å². The third-order valence-electron chi connectivity index (χ3n) is 4.55. The van der Waals surface area contributed by atoms with Gasteiger partial charge in [0.1, 0.15) is 6.04 Å². The number of aromatic amines is 1. The molecule has 2 aromatic rings. The fourth-order valence-corrected chi connectivity index (χ4v) is 3.10. The third-order valence-corrected chi connectivity index (χ3v) is 4.55. The fourth-order valence-electron chi connectivity index (χ4n) is 3.10. The van der Waals surface area contributed by atoms with Gasteiger partial charge in [0.05, 0.1) is 19.3 Å². The van der Waals surface area contributed by atoms with Crippen LogP contribution in [0.1, 0.15) is 17.7 Å². The highest BCUT2D eigenvalue weighted by Crippen LogP contribution is 2.33. The van der Waals surface area contributed by atoms with Gasteiger partial charge >= 0.3 is 6.03 Å². The molecule has 146 valence electrons. The number of imidazole rings is 1. The SMILES string of the molecule is O=C(C[C@@H]1NC(=O)N(Cc2ccc3c(c2)OCO3)C1=O)NCCc1cnc[nH]1. The highest BCUT2D eigenvalue weighted by atomic mass is 16.7. The van der Waals surface area contributed by atoms with Crippen LogP contribution in [0, 0.1) is 0 Å². The number of nitrogens with zero attached hydrogens (tertiary/aromatic N) is 2. The van der Waals surface area contributed by atoms with Crippen molar-refractivity contribution in [3.05, 3.63) is 42.0 Å². The topological polar surface area (TPSA) is 126 Å². The number of hydrogen-bond donors (Lipinski definition) is 3. The summed E-state index contributed by atoms with van der Waals surface area (Å²) in [6.45, 7) is 0.662. The number of benzene rings is 1. The number of rotatable bonds is 7. The highest BCUT2D eigenvalue weighted by molar-refractivity contribution is 6.05. The monoisotopic (exact) mass is 385 g/mol. The maximum absolute atomic E-state index is 12.5. The van der Waals surface area contributed by atoms with Gasteiger partial charge in [0.15, 0.2) is 11.5 Å². The van der Waals surface area contributed by atoms with Crippen molar-refractivity contribution >= 4 is 17.8 Å². The van der Waals surface area contributed by atoms with E-state index in [1.165, 1.54) is 0 Å². The van der Waals surface area contributed by atoms with Gasteiger partial charge in [-0.05, 0) is 17.7 Å². The number of carbonyl (C=O) groups is 3. The lowest BCUT2D eigenvalue weighted by Gasteiger charge is -2.13. The summed E-state index contributed by atoms with van der Waals surface area (Å²) in [5, 5.41) is 5.30. The van der Waals surface area contributed by atoms with Gasteiger partial charge in [-0.1, -0.05) is 6.07 Å². The minimum absolute atomic E-state index is 0.0965. The minimum Gasteiger partial charge on any atom is -0.454 e. The van der Waals surface area contributed by atoms with E-state index >= 15 is 0 Å². The number of nitrogens with one attached hydrogen (secondary N) is 3. The molecule has 10 nitrogen and oxygen atoms in total. The molecule has 1 fully saturated rings. The summed E-state index contributed by atoms with van der Waals surface area (Å²) in [6.07, 6.45) is 3.75. The van der Waals surface area contributed by atoms with Crippen molar-refractivity contribution in [2.24, 2.45) is 0 Å². The number of amides is 4. The molecule has 1 aromatic heterocycles. The fraction of sp³-hybridized carbons (Fsp3) is 0.333. The van der Waals surface area contributed by atoms with Gasteiger partial charge < -0.3 is 25.1 Å². The Morgan fingerprint density at radius 2 is 2.14 bits per heavy atom. The van der Waals surface area contributed by atoms with Crippen molar-refractivity contribution in [2.75, 3.05) is 13.3 Å². The molecule has 10 heteroatoms. The predicted molar refractivity (Wildman–Crippen MR) is 95.4 cm³/mol. The second kappa shape index (κ2) is 7.59. The number of H-pyrrole nitrogens is 1. The summed E-state index contributed by atoms with van der Waals surface area (Å²) < 4.78 is 10.6. The van der Waals surface area contributed by atoms with Crippen LogP contribution in [0.25, 0.3) is 0 Å². The molecule has 3 heterocycles. The number of ether oxygens (including phenoxy) is 2. The van der Waals surface area contributed by atoms with Crippen LogP contribution < -0.4 is 20.1 Å². The molecular weight excluding hydrogens is 366 g/mol. The van der Waals surface area contributed by atoms with Gasteiger partial charge in [-0.3, -0.25) is 14.5 Å². The predicted octanol–water partition coefficient (Wildman–Crippen LogP) is 0.308. The molecule has 1 atom stereocenters. The first-order valence-corrected chi connectivity index (χ1v) is 8.84. The first-order valence-electron chi connectivity index (χ1n) is 8.84. The van der Waals surface area contributed by atoms with Gasteiger partial charge in [0.25, 0.3) is 5.91 Å². The van der Waals surface area contributed by atoms with Crippen LogP contribution in [-0.2, 0) is 22.6 Å². The number of imide groups is 1. The molecule has 0 spiro atoms. The van der Waals surface area contributed by atoms with Crippen LogP contribution in [0.3, 0.4) is 0 Å². The Kier molecular flexibility index (Phi) is 4.83. The number of hydrogen-bond acceptors (Lipinski definition) is 6. The first-order chi connectivity index (χ1) is 13.6. The van der Waals surface area contributed by atoms with E-state index in [1.807, 2.05) is 0 Å². The van der Waals surface area contributed by atoms with Gasteiger partial charge in [-0.25, -0.2) is 9.78 Å². The Morgan fingerprint density at radius 1 is 1.29 bits per heavy atom. The molecule has 1 aromatic carbocycles. The molecular formula is C18H19N5O5. The van der Waals surface area contributed by atoms with Crippen molar-refractivity contribution in [2.45, 2.75) is 25.4 Å². The summed E-state index contributed by atoms with van der Waals surface area (Å²) in [4.78, 5) is 44.8. The van der Waals surface area contributed by atoms with Crippen LogP contribution in [0.4, 0.5) is 4.79 Å². The van der Waals surface area contributed by atoms with Gasteiger partial charge in [0, 0.05) is 24.9 Å². The molecule has 2 aliphatic heterocycles. The number of carbonyl (C=O) groups excluding carboxylic acids is 3. The lowest BCUT2D eigenvalue weighted by atomic mass is 10.1. The Labute approximate surface area is 160 Å². The largest absolute Gasteiger partial charge is 0.454 e. The molecule has 28 heavy (non-hydrogen) atoms. The molecule has 4 amide bonds. The van der Waals surface area contributed by atoms with Crippen molar-refractivity contribution in [1.82, 2.24) is 25.5 Å². The van der Waals surface area contributed by atoms with E-state index in [4.69, 9.17) is 9.47 Å². The van der Waals surface area contributed by atoms with Crippen molar-refractivity contribution in [3.8, 4) is 11.5 Å². The zero-order valence-corrected chi connectivity index (χ0v) is 14.9. The van der Waals surface area contributed by atoms with Crippen molar-refractivity contribution in [3.63, 3.8) is 0 Å². The van der Waals surface area contributed by atoms with Crippen molar-refractivity contribution in [1.29, 1.82) is 0 Å². The summed E-state index contributed by atoms with van der Waals surface area (Å²) in [5.74, 6) is 0.484. The van der Waals surface area contributed by atoms with Crippen LogP contribution in [-0.4, -0.2) is 52.1 Å². The van der Waals surface area contributed by atoms with E-state index in [0.717, 1.165) is 16.2 Å². The average molecular weight is 385 g/mol. The summed E-state index contributed by atoms with van der Waals surface area (Å²) in [7, 11) is 0. The maximum Gasteiger partial charge on any atom is 0.325 e. The Morgan fingerprint density at radius 3 is 2.96 bits per heavy atom. The number of aromatic nitrogens is 2. The molecule has 0 radical (unpaired) electrons. The Bertz CT molecular complexity index is 898. The molecule has 0 bridgehead atoms. The lowest BCUT2D eigenvalue weighted by Crippen LogP contribution is -2.37. The van der Waals surface area contributed by atoms with Crippen LogP contribution in [0.2, 0.25) is 0 Å². The summed E-state index contributed by atoms with van der Waals surface area (Å²) in [6, 6.07) is 3.86. The van der Waals surface area contributed by atoms with Crippen molar-refractivity contribution < 1.29 is 23.9 Å². The molecule has 0 unspecified atom stereocenters. The molecule has 3 N–H and O–H groups in total. The third kappa shape index (κ3) is 3.75. The Balaban J connectivity index is 1.30. The van der Waals surface area contributed by atoms with Crippen LogP contribution in [0.15, 0.2) is 30.7 Å². The quantitative estimate of drug-likeness (QED) is 0.589. The van der Waals surface area contributed by atoms with E-state index in [2.05, 4.69) is 20.6 Å². The smallest absolute Gasteiger partial charge is 0.325 e. The number of fused-ring (bicyclic) bond motifs is 1. The molecule has 1 saturated heterocycles. The minimum atomic E-state index is -0.867. The number of urea groups is 1. The highest BCUT2D eigenvalue weighted by Gasteiger charge is 2.39.